The summed E-state index contributed by atoms with van der Waals surface area (Å²) >= 11 is 0. The largest absolute Gasteiger partial charge is 0.481 e. The second kappa shape index (κ2) is 16.5. The molecule has 23 nitrogen and oxygen atoms in total. The van der Waals surface area contributed by atoms with Crippen molar-refractivity contribution < 1.29 is 71.8 Å². The van der Waals surface area contributed by atoms with Crippen LogP contribution in [0.25, 0.3) is 11.2 Å². The number of carbonyl (C=O) groups excluding carboxylic acids is 2. The molecule has 0 bridgehead atoms. The van der Waals surface area contributed by atoms with Gasteiger partial charge in [0.1, 0.15) is 48.5 Å². The third-order valence-electron chi connectivity index (χ3n) is 7.94. The number of aliphatic hydroxyl groups excluding tert-OH is 4. The number of nitrogens with zero attached hydrogens (tertiary/aromatic N) is 6. The van der Waals surface area contributed by atoms with Gasteiger partial charge in [-0.15, -0.1) is 0 Å². The van der Waals surface area contributed by atoms with Gasteiger partial charge in [-0.3, -0.25) is 28.2 Å². The molecule has 0 spiro atoms. The molecule has 3 aliphatic rings. The van der Waals surface area contributed by atoms with Crippen molar-refractivity contribution in [1.29, 1.82) is 0 Å². The van der Waals surface area contributed by atoms with Crippen molar-refractivity contribution >= 4 is 44.3 Å². The summed E-state index contributed by atoms with van der Waals surface area (Å²) in [5, 5.41) is 41.6. The van der Waals surface area contributed by atoms with Gasteiger partial charge in [0.2, 0.25) is 5.91 Å². The Bertz CT molecular complexity index is 1950. The molecule has 53 heavy (non-hydrogen) atoms. The molecule has 2 unspecified atom stereocenters. The van der Waals surface area contributed by atoms with E-state index in [1.165, 1.54) is 35.1 Å². The van der Waals surface area contributed by atoms with Crippen molar-refractivity contribution in [1.82, 2.24) is 29.4 Å². The van der Waals surface area contributed by atoms with Crippen molar-refractivity contribution in [2.75, 3.05) is 18.9 Å². The normalized spacial score (nSPS) is 29.2. The fourth-order valence-electron chi connectivity index (χ4n) is 5.25. The minimum atomic E-state index is -5.37. The third kappa shape index (κ3) is 9.55. The number of phosphoric ester groups is 2. The van der Waals surface area contributed by atoms with E-state index in [1.807, 2.05) is 0 Å². The number of primary amides is 1. The number of aromatic nitrogens is 5. The lowest BCUT2D eigenvalue weighted by Gasteiger charge is -2.28. The van der Waals surface area contributed by atoms with Crippen molar-refractivity contribution in [2.45, 2.75) is 62.4 Å². The number of carbonyl (C=O) groups is 2. The maximum Gasteiger partial charge on any atom is 0.481 e. The zero-order chi connectivity index (χ0) is 38.7. The number of imidazole rings is 1. The van der Waals surface area contributed by atoms with Gasteiger partial charge in [0.15, 0.2) is 29.7 Å². The second-order valence-electron chi connectivity index (χ2n) is 11.6. The number of nitrogens with two attached hydrogens (primary N) is 2. The molecule has 10 N–H and O–H groups in total. The van der Waals surface area contributed by atoms with Gasteiger partial charge in [0.05, 0.1) is 19.5 Å². The Balaban J connectivity index is 0.000000526. The molecule has 25 heteroatoms. The first-order chi connectivity index (χ1) is 25.0. The van der Waals surface area contributed by atoms with Crippen LogP contribution in [0.3, 0.4) is 0 Å². The SMILES string of the molecule is CC(=O)c1cccnc1.NC(=O)C1=CN([C@@H]2O[C@H](COP(=O)(O)OP(=O)(O)OC[C@H]3O[C@@H](n4cnc5c(N)ncnc54)[C@H](O)[C@@H]3O)[C@@H](O)[C@H]2O)C=CC1. The number of hydrogen-bond donors (Lipinski definition) is 8. The highest BCUT2D eigenvalue weighted by molar-refractivity contribution is 7.61. The van der Waals surface area contributed by atoms with Crippen LogP contribution < -0.4 is 11.5 Å². The minimum absolute atomic E-state index is 0.0517. The summed E-state index contributed by atoms with van der Waals surface area (Å²) < 4.78 is 50.8. The van der Waals surface area contributed by atoms with E-state index in [9.17, 15) is 48.9 Å². The molecule has 2 fully saturated rings. The Morgan fingerprint density at radius 3 is 2.15 bits per heavy atom. The number of amides is 1. The predicted octanol–water partition coefficient (Wildman–Crippen LogP) is -1.40. The van der Waals surface area contributed by atoms with E-state index in [0.717, 1.165) is 6.33 Å². The van der Waals surface area contributed by atoms with Crippen LogP contribution in [0.5, 0.6) is 0 Å². The van der Waals surface area contributed by atoms with Crippen LogP contribution in [-0.2, 0) is 36.8 Å². The summed E-state index contributed by atoms with van der Waals surface area (Å²) in [7, 11) is -10.7. The highest BCUT2D eigenvalue weighted by Gasteiger charge is 2.48. The molecule has 6 rings (SSSR count). The van der Waals surface area contributed by atoms with E-state index in [2.05, 4.69) is 24.2 Å². The van der Waals surface area contributed by atoms with Gasteiger partial charge >= 0.3 is 15.6 Å². The summed E-state index contributed by atoms with van der Waals surface area (Å²) in [6.45, 7) is -0.260. The Morgan fingerprint density at radius 2 is 1.58 bits per heavy atom. The number of allylic oxidation sites excluding steroid dienone is 1. The maximum atomic E-state index is 12.4. The van der Waals surface area contributed by atoms with Crippen molar-refractivity contribution in [3.63, 3.8) is 0 Å². The van der Waals surface area contributed by atoms with Crippen LogP contribution in [0.2, 0.25) is 0 Å². The quantitative estimate of drug-likeness (QED) is 0.0772. The van der Waals surface area contributed by atoms with Gasteiger partial charge in [-0.25, -0.2) is 24.1 Å². The molecule has 1 amide bonds. The lowest BCUT2D eigenvalue weighted by atomic mass is 10.1. The third-order valence-corrected chi connectivity index (χ3v) is 10.5. The zero-order valence-corrected chi connectivity index (χ0v) is 29.3. The van der Waals surface area contributed by atoms with Crippen LogP contribution in [0.1, 0.15) is 29.9 Å². The zero-order valence-electron chi connectivity index (χ0n) is 27.5. The number of fused-ring (bicyclic) bond motifs is 1. The van der Waals surface area contributed by atoms with Crippen LogP contribution in [0.4, 0.5) is 5.82 Å². The summed E-state index contributed by atoms with van der Waals surface area (Å²) in [4.78, 5) is 59.0. The van der Waals surface area contributed by atoms with E-state index < -0.39 is 83.8 Å². The first kappa shape index (κ1) is 40.1. The second-order valence-corrected chi connectivity index (χ2v) is 14.7. The maximum absolute atomic E-state index is 12.4. The summed E-state index contributed by atoms with van der Waals surface area (Å²) in [6, 6.07) is 3.49. The smallest absolute Gasteiger partial charge is 0.387 e. The molecule has 3 aliphatic heterocycles. The number of nitrogen functional groups attached to an aromatic ring is 1. The fourth-order valence-corrected chi connectivity index (χ4v) is 7.34. The number of pyridine rings is 1. The molecule has 10 atom stereocenters. The average Bonchev–Trinajstić information content (AvgIpc) is 3.76. The Labute approximate surface area is 299 Å². The Morgan fingerprint density at radius 1 is 0.962 bits per heavy atom. The van der Waals surface area contributed by atoms with E-state index in [4.69, 9.17) is 30.0 Å². The van der Waals surface area contributed by atoms with Crippen molar-refractivity contribution in [3.05, 3.63) is 66.8 Å². The number of ether oxygens (including phenoxy) is 2. The van der Waals surface area contributed by atoms with Gasteiger partial charge in [0, 0.05) is 35.9 Å². The van der Waals surface area contributed by atoms with E-state index >= 15 is 0 Å². The first-order valence-electron chi connectivity index (χ1n) is 15.5. The minimum Gasteiger partial charge on any atom is -0.387 e. The number of phosphoric acid groups is 2. The highest BCUT2D eigenvalue weighted by atomic mass is 31.3. The summed E-state index contributed by atoms with van der Waals surface area (Å²) in [5.74, 6) is -0.599. The van der Waals surface area contributed by atoms with Crippen LogP contribution >= 0.6 is 15.6 Å². The van der Waals surface area contributed by atoms with E-state index in [0.29, 0.717) is 5.56 Å². The van der Waals surface area contributed by atoms with Crippen LogP contribution in [-0.4, -0.2) is 127 Å². The Hall–Kier alpha value is -4.06. The molecule has 2 saturated heterocycles. The van der Waals surface area contributed by atoms with Crippen molar-refractivity contribution in [2.24, 2.45) is 5.73 Å². The van der Waals surface area contributed by atoms with Crippen LogP contribution in [0.15, 0.2) is 61.2 Å². The molecule has 0 aliphatic carbocycles. The molecule has 0 aromatic carbocycles. The van der Waals surface area contributed by atoms with E-state index in [-0.39, 0.29) is 34.8 Å². The van der Waals surface area contributed by atoms with Gasteiger partial charge in [-0.1, -0.05) is 6.08 Å². The molecule has 0 radical (unpaired) electrons. The highest BCUT2D eigenvalue weighted by Crippen LogP contribution is 2.60. The number of Topliss-reactive ketones (excluding diaryl/α,β-unsaturated/α-hetero) is 1. The molecule has 6 heterocycles. The molecular formula is C28H36N8O15P2. The standard InChI is InChI=1S/C21H29N7O14P2.C7H7NO/c22-17-12-19(25-7-24-17)28(8-26-12)21-16(32)14(30)11(41-21)6-39-44(36,37)42-43(34,35)38-5-10-13(29)15(31)20(40-10)27-3-1-2-9(4-27)18(23)33;1-6(9)7-3-2-4-8-5-7/h1,3-4,7-8,10-11,13-16,20-21,29-32H,2,5-6H2,(H2,23,33)(H,34,35)(H,36,37)(H2,22,24,25);2-5H,1H3/t10-,11-,13-,14-,15-,16-,20-,21-;/m1./s1. The number of ketones is 1. The number of aliphatic hydroxyl groups is 4. The van der Waals surface area contributed by atoms with Crippen LogP contribution in [0, 0.1) is 0 Å². The van der Waals surface area contributed by atoms with Gasteiger partial charge in [-0.05, 0) is 25.5 Å². The topological polar surface area (TPSA) is 348 Å². The average molecular weight is 787 g/mol. The lowest BCUT2D eigenvalue weighted by molar-refractivity contribution is -0.115. The molecule has 3 aromatic rings. The number of rotatable bonds is 12. The number of anilines is 1. The van der Waals surface area contributed by atoms with E-state index in [1.54, 1.807) is 30.6 Å². The van der Waals surface area contributed by atoms with Gasteiger partial charge < -0.3 is 56.1 Å². The van der Waals surface area contributed by atoms with Gasteiger partial charge in [0.25, 0.3) is 0 Å². The lowest BCUT2D eigenvalue weighted by Crippen LogP contribution is -2.40. The monoisotopic (exact) mass is 786 g/mol. The van der Waals surface area contributed by atoms with Gasteiger partial charge in [-0.2, -0.15) is 4.31 Å². The molecular weight excluding hydrogens is 750 g/mol. The summed E-state index contributed by atoms with van der Waals surface area (Å²) in [6.07, 6.45) is -1.68. The predicted molar refractivity (Wildman–Crippen MR) is 176 cm³/mol. The first-order valence-corrected chi connectivity index (χ1v) is 18.4. The summed E-state index contributed by atoms with van der Waals surface area (Å²) in [5.41, 5.74) is 12.2. The Kier molecular flexibility index (Phi) is 12.5. The molecule has 3 aromatic heterocycles. The number of hydrogen-bond acceptors (Lipinski definition) is 19. The van der Waals surface area contributed by atoms with Crippen molar-refractivity contribution in [3.8, 4) is 0 Å². The molecule has 288 valence electrons. The fraction of sp³-hybridized carbons (Fsp3) is 0.429. The molecule has 0 saturated carbocycles.